The van der Waals surface area contributed by atoms with Crippen LogP contribution >= 0.6 is 0 Å². The van der Waals surface area contributed by atoms with Crippen LogP contribution in [0.3, 0.4) is 0 Å². The third-order valence-electron chi connectivity index (χ3n) is 5.59. The summed E-state index contributed by atoms with van der Waals surface area (Å²) in [7, 11) is -4.01. The van der Waals surface area contributed by atoms with E-state index in [1.54, 1.807) is 37.5 Å². The van der Waals surface area contributed by atoms with Crippen LogP contribution in [0.5, 0.6) is 0 Å². The molecule has 2 N–H and O–H groups in total. The van der Waals surface area contributed by atoms with Crippen molar-refractivity contribution in [3.8, 4) is 0 Å². The van der Waals surface area contributed by atoms with E-state index in [4.69, 9.17) is 0 Å². The summed E-state index contributed by atoms with van der Waals surface area (Å²) in [6.45, 7) is 1.80. The summed E-state index contributed by atoms with van der Waals surface area (Å²) in [5.41, 5.74) is 1.95. The van der Waals surface area contributed by atoms with Gasteiger partial charge in [-0.3, -0.25) is 0 Å². The van der Waals surface area contributed by atoms with Crippen molar-refractivity contribution < 1.29 is 17.2 Å². The monoisotopic (exact) mass is 467 g/mol. The average molecular weight is 468 g/mol. The number of imidazole rings is 1. The molecule has 1 unspecified atom stereocenters. The quantitative estimate of drug-likeness (QED) is 0.475. The fourth-order valence-corrected chi connectivity index (χ4v) is 5.12. The molecule has 1 aliphatic heterocycles. The summed E-state index contributed by atoms with van der Waals surface area (Å²) >= 11 is 0. The van der Waals surface area contributed by atoms with Crippen LogP contribution in [0.1, 0.15) is 29.5 Å². The first-order chi connectivity index (χ1) is 15.8. The van der Waals surface area contributed by atoms with E-state index in [0.29, 0.717) is 0 Å². The van der Waals surface area contributed by atoms with E-state index < -0.39 is 27.6 Å². The number of benzene rings is 2. The average Bonchev–Trinajstić information content (AvgIpc) is 3.25. The number of aliphatic imine (C=N–C) groups is 1. The second kappa shape index (κ2) is 7.96. The van der Waals surface area contributed by atoms with Gasteiger partial charge >= 0.3 is 0 Å². The summed E-state index contributed by atoms with van der Waals surface area (Å²) < 4.78 is 59.4. The molecule has 0 bridgehead atoms. The first-order valence-corrected chi connectivity index (χ1v) is 11.6. The number of guanidine groups is 1. The highest BCUT2D eigenvalue weighted by Crippen LogP contribution is 2.38. The second-order valence-electron chi connectivity index (χ2n) is 7.70. The third kappa shape index (κ3) is 3.82. The lowest BCUT2D eigenvalue weighted by atomic mass is 9.91. The summed E-state index contributed by atoms with van der Waals surface area (Å²) in [6.07, 6.45) is 5.30. The van der Waals surface area contributed by atoms with Gasteiger partial charge in [0.2, 0.25) is 5.96 Å². The van der Waals surface area contributed by atoms with Crippen molar-refractivity contribution in [2.75, 3.05) is 5.32 Å². The molecule has 2 aromatic carbocycles. The zero-order valence-corrected chi connectivity index (χ0v) is 18.3. The van der Waals surface area contributed by atoms with Crippen LogP contribution < -0.4 is 10.0 Å². The van der Waals surface area contributed by atoms with Crippen LogP contribution in [-0.2, 0) is 16.6 Å². The molecule has 7 nitrogen and oxygen atoms in total. The Kier molecular flexibility index (Phi) is 5.09. The van der Waals surface area contributed by atoms with E-state index in [-0.39, 0.29) is 34.2 Å². The molecule has 0 saturated carbocycles. The summed E-state index contributed by atoms with van der Waals surface area (Å²) in [4.78, 5) is 8.40. The Hall–Kier alpha value is -3.79. The maximum Gasteiger partial charge on any atom is 0.266 e. The molecule has 0 amide bonds. The Bertz CT molecular complexity index is 1510. The molecular weight excluding hydrogens is 448 g/mol. The lowest BCUT2D eigenvalue weighted by Crippen LogP contribution is -2.41. The number of pyridine rings is 1. The van der Waals surface area contributed by atoms with Crippen LogP contribution in [0.4, 0.5) is 14.5 Å². The van der Waals surface area contributed by atoms with Crippen LogP contribution in [0, 0.1) is 11.6 Å². The van der Waals surface area contributed by atoms with E-state index in [1.807, 2.05) is 22.7 Å². The van der Waals surface area contributed by atoms with Crippen molar-refractivity contribution in [2.24, 2.45) is 4.99 Å². The SMILES string of the molecule is CC(c1ccccc1F)c1c(F)ccc2c1NC(=NCc1ccc3nccn3c1)NS2(=O)=O. The van der Waals surface area contributed by atoms with Crippen LogP contribution in [0.2, 0.25) is 0 Å². The van der Waals surface area contributed by atoms with E-state index in [0.717, 1.165) is 17.3 Å². The Morgan fingerprint density at radius 1 is 1.09 bits per heavy atom. The van der Waals surface area contributed by atoms with Crippen molar-refractivity contribution in [1.82, 2.24) is 14.1 Å². The van der Waals surface area contributed by atoms with Crippen LogP contribution in [0.25, 0.3) is 5.65 Å². The van der Waals surface area contributed by atoms with Crippen molar-refractivity contribution in [3.05, 3.63) is 95.4 Å². The zero-order chi connectivity index (χ0) is 23.2. The van der Waals surface area contributed by atoms with Gasteiger partial charge in [0, 0.05) is 30.1 Å². The minimum atomic E-state index is -4.01. The Balaban J connectivity index is 1.54. The number of nitrogens with zero attached hydrogens (tertiary/aromatic N) is 3. The predicted molar refractivity (Wildman–Crippen MR) is 121 cm³/mol. The van der Waals surface area contributed by atoms with Crippen molar-refractivity contribution in [2.45, 2.75) is 24.3 Å². The topological polar surface area (TPSA) is 87.9 Å². The van der Waals surface area contributed by atoms with Gasteiger partial charge in [-0.2, -0.15) is 0 Å². The van der Waals surface area contributed by atoms with Gasteiger partial charge in [0.05, 0.1) is 12.2 Å². The summed E-state index contributed by atoms with van der Waals surface area (Å²) in [5.74, 6) is -1.92. The van der Waals surface area contributed by atoms with Crippen LogP contribution in [0.15, 0.2) is 77.0 Å². The van der Waals surface area contributed by atoms with Crippen molar-refractivity contribution in [3.63, 3.8) is 0 Å². The van der Waals surface area contributed by atoms with E-state index >= 15 is 0 Å². The fourth-order valence-electron chi connectivity index (χ4n) is 3.96. The first-order valence-electron chi connectivity index (χ1n) is 10.2. The Morgan fingerprint density at radius 2 is 1.91 bits per heavy atom. The lowest BCUT2D eigenvalue weighted by Gasteiger charge is -2.26. The van der Waals surface area contributed by atoms with Gasteiger partial charge in [-0.05, 0) is 35.4 Å². The molecular formula is C23H19F2N5O2S. The number of hydrogen-bond acceptors (Lipinski definition) is 4. The van der Waals surface area contributed by atoms with Crippen molar-refractivity contribution >= 4 is 27.3 Å². The number of rotatable bonds is 4. The second-order valence-corrected chi connectivity index (χ2v) is 9.35. The molecule has 4 aromatic rings. The lowest BCUT2D eigenvalue weighted by molar-refractivity contribution is 0.577. The van der Waals surface area contributed by atoms with Gasteiger partial charge in [-0.15, -0.1) is 0 Å². The molecule has 1 atom stereocenters. The molecule has 0 spiro atoms. The minimum Gasteiger partial charge on any atom is -0.324 e. The molecule has 2 aromatic heterocycles. The number of anilines is 1. The van der Waals surface area contributed by atoms with Gasteiger partial charge in [0.25, 0.3) is 10.0 Å². The highest BCUT2D eigenvalue weighted by molar-refractivity contribution is 7.90. The van der Waals surface area contributed by atoms with Gasteiger partial charge in [-0.1, -0.05) is 31.2 Å². The number of halogens is 2. The number of fused-ring (bicyclic) bond motifs is 2. The largest absolute Gasteiger partial charge is 0.324 e. The van der Waals surface area contributed by atoms with Gasteiger partial charge in [0.1, 0.15) is 22.2 Å². The van der Waals surface area contributed by atoms with Gasteiger partial charge in [0.15, 0.2) is 0 Å². The maximum absolute atomic E-state index is 15.0. The molecule has 0 saturated heterocycles. The third-order valence-corrected chi connectivity index (χ3v) is 6.97. The standard InChI is InChI=1S/C23H19F2N5O2S/c1-14(16-4-2-3-5-17(16)24)21-18(25)7-8-19-22(21)28-23(29-33(19,31)32)27-12-15-6-9-20-26-10-11-30(20)13-15/h2-11,13-14H,12H2,1H3,(H2,27,28,29). The van der Waals surface area contributed by atoms with Gasteiger partial charge in [-0.25, -0.2) is 31.9 Å². The molecule has 0 fully saturated rings. The number of aromatic nitrogens is 2. The molecule has 0 aliphatic carbocycles. The minimum absolute atomic E-state index is 0.0409. The number of sulfonamides is 1. The summed E-state index contributed by atoms with van der Waals surface area (Å²) in [6, 6.07) is 12.0. The van der Waals surface area contributed by atoms with Crippen LogP contribution in [-0.4, -0.2) is 23.8 Å². The molecule has 10 heteroatoms. The molecule has 5 rings (SSSR count). The number of hydrogen-bond donors (Lipinski definition) is 2. The normalized spacial score (nSPS) is 16.8. The summed E-state index contributed by atoms with van der Waals surface area (Å²) in [5, 5.41) is 2.91. The van der Waals surface area contributed by atoms with Crippen molar-refractivity contribution in [1.29, 1.82) is 0 Å². The highest BCUT2D eigenvalue weighted by atomic mass is 32.2. The molecule has 33 heavy (non-hydrogen) atoms. The zero-order valence-electron chi connectivity index (χ0n) is 17.5. The van der Waals surface area contributed by atoms with E-state index in [1.165, 1.54) is 12.1 Å². The maximum atomic E-state index is 15.0. The Morgan fingerprint density at radius 3 is 2.73 bits per heavy atom. The van der Waals surface area contributed by atoms with E-state index in [9.17, 15) is 17.2 Å². The molecule has 0 radical (unpaired) electrons. The Labute approximate surface area is 188 Å². The number of nitrogens with one attached hydrogen (secondary N) is 2. The molecule has 1 aliphatic rings. The van der Waals surface area contributed by atoms with E-state index in [2.05, 4.69) is 20.0 Å². The molecule has 3 heterocycles. The molecule has 168 valence electrons. The first kappa shape index (κ1) is 21.1. The smallest absolute Gasteiger partial charge is 0.266 e. The van der Waals surface area contributed by atoms with Gasteiger partial charge < -0.3 is 9.72 Å². The highest BCUT2D eigenvalue weighted by Gasteiger charge is 2.32. The predicted octanol–water partition coefficient (Wildman–Crippen LogP) is 4.02. The fraction of sp³-hybridized carbons (Fsp3) is 0.130.